The van der Waals surface area contributed by atoms with Gasteiger partial charge in [-0.3, -0.25) is 9.36 Å². The number of carboxylic acid groups (broad SMARTS) is 1. The summed E-state index contributed by atoms with van der Waals surface area (Å²) in [4.78, 5) is 11.3. The third kappa shape index (κ3) is 6.32. The summed E-state index contributed by atoms with van der Waals surface area (Å²) in [7, 11) is 0. The van der Waals surface area contributed by atoms with E-state index in [9.17, 15) is 9.90 Å². The first-order valence-corrected chi connectivity index (χ1v) is 8.65. The van der Waals surface area contributed by atoms with Gasteiger partial charge in [0.1, 0.15) is 0 Å². The van der Waals surface area contributed by atoms with Gasteiger partial charge < -0.3 is 10.2 Å². The molecule has 0 spiro atoms. The van der Waals surface area contributed by atoms with Crippen LogP contribution in [0.4, 0.5) is 0 Å². The monoisotopic (exact) mass is 343 g/mol. The number of hydrogen-bond donors (Lipinski definition) is 2. The molecule has 1 aromatic rings. The summed E-state index contributed by atoms with van der Waals surface area (Å²) in [5.74, 6) is -0.285. The molecular weight excluding hydrogens is 318 g/mol. The molecule has 2 N–H and O–H groups in total. The first-order valence-electron chi connectivity index (χ1n) is 7.43. The van der Waals surface area contributed by atoms with Gasteiger partial charge in [-0.15, -0.1) is 11.3 Å². The van der Waals surface area contributed by atoms with Crippen LogP contribution < -0.4 is 0 Å². The number of carbonyl (C=O) groups is 1. The number of aromatic hydroxyl groups is 1. The zero-order valence-corrected chi connectivity index (χ0v) is 15.3. The summed E-state index contributed by atoms with van der Waals surface area (Å²) in [6.45, 7) is 9.20. The molecule has 124 valence electrons. The first kappa shape index (κ1) is 18.9. The van der Waals surface area contributed by atoms with Gasteiger partial charge in [-0.2, -0.15) is 0 Å². The van der Waals surface area contributed by atoms with E-state index in [4.69, 9.17) is 17.3 Å². The van der Waals surface area contributed by atoms with Crippen LogP contribution in [0.3, 0.4) is 0 Å². The van der Waals surface area contributed by atoms with E-state index in [2.05, 4.69) is 33.8 Å². The summed E-state index contributed by atoms with van der Waals surface area (Å²) in [6.07, 6.45) is 5.60. The number of aliphatic carboxylic acids is 1. The highest BCUT2D eigenvalue weighted by molar-refractivity contribution is 7.73. The van der Waals surface area contributed by atoms with Gasteiger partial charge in [-0.25, -0.2) is 0 Å². The standard InChI is InChI=1S/C16H25NO3S2/c1-11(10-16(2,3)4)7-8-12-14(20)17(15(21)22-12)9-5-6-13(18)19/h7-8,11,20H,5-6,9-10H2,1-4H3,(H,18,19). The van der Waals surface area contributed by atoms with Crippen molar-refractivity contribution in [1.82, 2.24) is 4.57 Å². The van der Waals surface area contributed by atoms with Gasteiger partial charge in [0.25, 0.3) is 0 Å². The molecule has 0 saturated heterocycles. The van der Waals surface area contributed by atoms with Gasteiger partial charge in [-0.1, -0.05) is 33.8 Å². The number of hydrogen-bond acceptors (Lipinski definition) is 4. The van der Waals surface area contributed by atoms with Gasteiger partial charge in [0.15, 0.2) is 3.95 Å². The van der Waals surface area contributed by atoms with E-state index in [1.165, 1.54) is 11.3 Å². The predicted molar refractivity (Wildman–Crippen MR) is 93.9 cm³/mol. The number of carboxylic acids is 1. The maximum absolute atomic E-state index is 10.5. The van der Waals surface area contributed by atoms with E-state index in [1.807, 2.05) is 6.08 Å². The van der Waals surface area contributed by atoms with Crippen LogP contribution in [0.15, 0.2) is 6.08 Å². The van der Waals surface area contributed by atoms with Crippen molar-refractivity contribution in [3.63, 3.8) is 0 Å². The fraction of sp³-hybridized carbons (Fsp3) is 0.625. The Bertz CT molecular complexity index is 594. The molecule has 0 bridgehead atoms. The molecule has 0 fully saturated rings. The lowest BCUT2D eigenvalue weighted by atomic mass is 9.85. The Morgan fingerprint density at radius 1 is 1.45 bits per heavy atom. The van der Waals surface area contributed by atoms with Gasteiger partial charge in [0.05, 0.1) is 4.88 Å². The van der Waals surface area contributed by atoms with Crippen LogP contribution in [0.2, 0.25) is 0 Å². The molecule has 0 radical (unpaired) electrons. The van der Waals surface area contributed by atoms with E-state index in [0.29, 0.717) is 22.8 Å². The highest BCUT2D eigenvalue weighted by Gasteiger charge is 2.14. The molecule has 22 heavy (non-hydrogen) atoms. The Labute approximate surface area is 141 Å². The summed E-state index contributed by atoms with van der Waals surface area (Å²) in [5, 5.41) is 18.9. The number of nitrogens with zero attached hydrogens (tertiary/aromatic N) is 1. The normalized spacial score (nSPS) is 13.6. The lowest BCUT2D eigenvalue weighted by molar-refractivity contribution is -0.137. The molecule has 0 aromatic carbocycles. The van der Waals surface area contributed by atoms with Gasteiger partial charge in [0, 0.05) is 13.0 Å². The minimum atomic E-state index is -0.836. The largest absolute Gasteiger partial charge is 0.493 e. The molecule has 0 aliphatic carbocycles. The van der Waals surface area contributed by atoms with Crippen molar-refractivity contribution in [1.29, 1.82) is 0 Å². The van der Waals surface area contributed by atoms with Crippen LogP contribution in [0.1, 0.15) is 51.8 Å². The lowest BCUT2D eigenvalue weighted by Crippen LogP contribution is -2.09. The third-order valence-corrected chi connectivity index (χ3v) is 4.58. The SMILES string of the molecule is CC(C=Cc1sc(=S)n(CCCC(=O)O)c1O)CC(C)(C)C. The number of aromatic nitrogens is 1. The van der Waals surface area contributed by atoms with E-state index in [0.717, 1.165) is 11.3 Å². The molecule has 0 aliphatic heterocycles. The van der Waals surface area contributed by atoms with Crippen molar-refractivity contribution < 1.29 is 15.0 Å². The quantitative estimate of drug-likeness (QED) is 0.689. The fourth-order valence-corrected chi connectivity index (χ4v) is 3.67. The van der Waals surface area contributed by atoms with Crippen molar-refractivity contribution in [3.05, 3.63) is 14.9 Å². The minimum absolute atomic E-state index is 0.0743. The van der Waals surface area contributed by atoms with Crippen LogP contribution in [-0.4, -0.2) is 20.7 Å². The molecule has 1 aromatic heterocycles. The Kier molecular flexibility index (Phi) is 6.81. The Morgan fingerprint density at radius 3 is 2.64 bits per heavy atom. The summed E-state index contributed by atoms with van der Waals surface area (Å²) >= 11 is 6.60. The molecule has 1 atom stereocenters. The zero-order valence-electron chi connectivity index (χ0n) is 13.6. The van der Waals surface area contributed by atoms with Crippen molar-refractivity contribution >= 4 is 35.6 Å². The predicted octanol–water partition coefficient (Wildman–Crippen LogP) is 4.93. The summed E-state index contributed by atoms with van der Waals surface area (Å²) in [5.41, 5.74) is 0.265. The molecule has 1 unspecified atom stereocenters. The number of thiazole rings is 1. The van der Waals surface area contributed by atoms with E-state index < -0.39 is 5.97 Å². The fourth-order valence-electron chi connectivity index (χ4n) is 2.39. The first-order chi connectivity index (χ1) is 10.1. The number of allylic oxidation sites excluding steroid dienone is 1. The molecule has 0 saturated carbocycles. The summed E-state index contributed by atoms with van der Waals surface area (Å²) in [6, 6.07) is 0. The molecule has 6 heteroatoms. The molecule has 1 heterocycles. The highest BCUT2D eigenvalue weighted by atomic mass is 32.1. The van der Waals surface area contributed by atoms with Crippen LogP contribution in [0.25, 0.3) is 6.08 Å². The average Bonchev–Trinajstić information content (AvgIpc) is 2.61. The molecular formula is C16H25NO3S2. The van der Waals surface area contributed by atoms with Crippen LogP contribution in [0.5, 0.6) is 5.88 Å². The second-order valence-corrected chi connectivity index (χ2v) is 8.48. The number of rotatable bonds is 7. The van der Waals surface area contributed by atoms with Crippen LogP contribution in [-0.2, 0) is 11.3 Å². The second-order valence-electron chi connectivity index (χ2n) is 6.81. The van der Waals surface area contributed by atoms with E-state index in [1.54, 1.807) is 4.57 Å². The smallest absolute Gasteiger partial charge is 0.303 e. The van der Waals surface area contributed by atoms with E-state index in [-0.39, 0.29) is 17.7 Å². The second kappa shape index (κ2) is 7.92. The van der Waals surface area contributed by atoms with Crippen LogP contribution >= 0.6 is 23.6 Å². The highest BCUT2D eigenvalue weighted by Crippen LogP contribution is 2.30. The maximum Gasteiger partial charge on any atom is 0.303 e. The Hall–Kier alpha value is -1.14. The summed E-state index contributed by atoms with van der Waals surface area (Å²) < 4.78 is 2.18. The lowest BCUT2D eigenvalue weighted by Gasteiger charge is -2.20. The maximum atomic E-state index is 10.5. The van der Waals surface area contributed by atoms with E-state index >= 15 is 0 Å². The van der Waals surface area contributed by atoms with Crippen LogP contribution in [0, 0.1) is 15.3 Å². The molecule has 0 amide bonds. The third-order valence-electron chi connectivity index (χ3n) is 3.18. The van der Waals surface area contributed by atoms with Crippen molar-refractivity contribution in [3.8, 4) is 5.88 Å². The van der Waals surface area contributed by atoms with Gasteiger partial charge in [-0.05, 0) is 42.5 Å². The molecule has 1 rings (SSSR count). The van der Waals surface area contributed by atoms with Crippen molar-refractivity contribution in [2.45, 2.75) is 53.5 Å². The Morgan fingerprint density at radius 2 is 2.09 bits per heavy atom. The minimum Gasteiger partial charge on any atom is -0.493 e. The molecule has 0 aliphatic rings. The van der Waals surface area contributed by atoms with Gasteiger partial charge >= 0.3 is 5.97 Å². The topological polar surface area (TPSA) is 62.5 Å². The van der Waals surface area contributed by atoms with Gasteiger partial charge in [0.2, 0.25) is 5.88 Å². The van der Waals surface area contributed by atoms with Crippen molar-refractivity contribution in [2.75, 3.05) is 0 Å². The Balaban J connectivity index is 2.77. The zero-order chi connectivity index (χ0) is 16.9. The average molecular weight is 344 g/mol. The van der Waals surface area contributed by atoms with Crippen molar-refractivity contribution in [2.24, 2.45) is 11.3 Å². The molecule has 4 nitrogen and oxygen atoms in total.